The van der Waals surface area contributed by atoms with Crippen LogP contribution >= 0.6 is 38.5 Å². The van der Waals surface area contributed by atoms with Crippen LogP contribution in [0, 0.1) is 10.8 Å². The number of halogens is 2. The molecule has 0 fully saturated rings. The second-order valence-corrected chi connectivity index (χ2v) is 3.60. The first-order valence-corrected chi connectivity index (χ1v) is 5.88. The summed E-state index contributed by atoms with van der Waals surface area (Å²) in [5.74, 6) is 2.99. The topological polar surface area (TPSA) is 0 Å². The minimum absolute atomic E-state index is 0. The van der Waals surface area contributed by atoms with Crippen molar-refractivity contribution in [1.29, 1.82) is 0 Å². The quantitative estimate of drug-likeness (QED) is 0.237. The van der Waals surface area contributed by atoms with Gasteiger partial charge < -0.3 is 0 Å². The second-order valence-electron chi connectivity index (χ2n) is 2.12. The van der Waals surface area contributed by atoms with Crippen LogP contribution in [0.5, 0.6) is 0 Å². The molecule has 0 radical (unpaired) electrons. The van der Waals surface area contributed by atoms with Gasteiger partial charge in [0.25, 0.3) is 0 Å². The minimum Gasteiger partial charge on any atom is -0.0908 e. The zero-order chi connectivity index (χ0) is 7.66. The van der Waals surface area contributed by atoms with Crippen molar-refractivity contribution < 1.29 is 0 Å². The summed E-state index contributed by atoms with van der Waals surface area (Å²) >= 11 is 5.49. The summed E-state index contributed by atoms with van der Waals surface area (Å²) < 4.78 is 1.29. The Morgan fingerprint density at radius 2 is 1.73 bits per heavy atom. The molecule has 0 atom stereocenters. The largest absolute Gasteiger partial charge is 0.316 e. The van der Waals surface area contributed by atoms with Gasteiger partial charge in [-0.2, -0.15) is 0 Å². The van der Waals surface area contributed by atoms with Gasteiger partial charge in [-0.1, -0.05) is 41.4 Å². The fourth-order valence-electron chi connectivity index (χ4n) is 0.709. The molecule has 0 nitrogen and oxygen atoms in total. The lowest BCUT2D eigenvalue weighted by Gasteiger charge is -1.93. The predicted octanol–water partition coefficient (Wildman–Crippen LogP) is 2.81. The maximum Gasteiger partial charge on any atom is 0.316 e. The second kappa shape index (κ2) is 14.1. The van der Waals surface area contributed by atoms with E-state index in [9.17, 15) is 0 Å². The third-order valence-electron chi connectivity index (χ3n) is 1.25. The first kappa shape index (κ1) is 15.0. The van der Waals surface area contributed by atoms with Gasteiger partial charge >= 0.3 is 23.1 Å². The smallest absolute Gasteiger partial charge is 0.0908 e. The Labute approximate surface area is 108 Å². The van der Waals surface area contributed by atoms with Crippen LogP contribution in [-0.2, 0) is 0 Å². The van der Waals surface area contributed by atoms with Crippen LogP contribution in [0.4, 0.5) is 0 Å². The SMILES string of the molecule is BrC#CCCCCCCI.[MgH2]. The third kappa shape index (κ3) is 14.4. The molecule has 0 aliphatic carbocycles. The van der Waals surface area contributed by atoms with Crippen LogP contribution in [0.2, 0.25) is 0 Å². The first-order chi connectivity index (χ1) is 4.91. The van der Waals surface area contributed by atoms with E-state index in [1.54, 1.807) is 0 Å². The van der Waals surface area contributed by atoms with Gasteiger partial charge in [0.05, 0.1) is 0 Å². The molecule has 0 aromatic carbocycles. The summed E-state index contributed by atoms with van der Waals surface area (Å²) in [7, 11) is 0. The third-order valence-corrected chi connectivity index (χ3v) is 2.30. The number of unbranched alkanes of at least 4 members (excludes halogenated alkanes) is 4. The molecule has 11 heavy (non-hydrogen) atoms. The molecule has 0 rings (SSSR count). The van der Waals surface area contributed by atoms with Crippen LogP contribution in [0.25, 0.3) is 0 Å². The van der Waals surface area contributed by atoms with Gasteiger partial charge in [-0.3, -0.25) is 0 Å². The maximum atomic E-state index is 3.07. The normalized spacial score (nSPS) is 7.82. The van der Waals surface area contributed by atoms with Crippen LogP contribution in [0.3, 0.4) is 0 Å². The molecule has 0 aromatic rings. The zero-order valence-electron chi connectivity index (χ0n) is 6.00. The zero-order valence-corrected chi connectivity index (χ0v) is 9.74. The maximum absolute atomic E-state index is 3.07. The van der Waals surface area contributed by atoms with Crippen molar-refractivity contribution in [1.82, 2.24) is 0 Å². The lowest BCUT2D eigenvalue weighted by Crippen LogP contribution is -1.77. The van der Waals surface area contributed by atoms with Gasteiger partial charge in [0.2, 0.25) is 0 Å². The van der Waals surface area contributed by atoms with E-state index in [1.807, 2.05) is 0 Å². The highest BCUT2D eigenvalue weighted by molar-refractivity contribution is 14.1. The van der Waals surface area contributed by atoms with E-state index in [2.05, 4.69) is 49.3 Å². The molecule has 0 aliphatic heterocycles. The van der Waals surface area contributed by atoms with Gasteiger partial charge in [-0.05, 0) is 22.1 Å². The van der Waals surface area contributed by atoms with Gasteiger partial charge in [0.1, 0.15) is 0 Å². The van der Waals surface area contributed by atoms with Crippen LogP contribution in [0.1, 0.15) is 32.1 Å². The van der Waals surface area contributed by atoms with Crippen molar-refractivity contribution in [3.05, 3.63) is 0 Å². The molecule has 0 aromatic heterocycles. The number of hydrogen-bond donors (Lipinski definition) is 0. The van der Waals surface area contributed by atoms with Crippen LogP contribution in [0.15, 0.2) is 0 Å². The Morgan fingerprint density at radius 1 is 1.09 bits per heavy atom. The summed E-state index contributed by atoms with van der Waals surface area (Å²) in [5.41, 5.74) is 0. The molecule has 0 aliphatic rings. The Morgan fingerprint density at radius 3 is 2.27 bits per heavy atom. The average molecular weight is 341 g/mol. The molecule has 0 bridgehead atoms. The van der Waals surface area contributed by atoms with Crippen molar-refractivity contribution in [2.75, 3.05) is 4.43 Å². The highest BCUT2D eigenvalue weighted by atomic mass is 127. The summed E-state index contributed by atoms with van der Waals surface area (Å²) in [4.78, 5) is 2.72. The molecule has 0 unspecified atom stereocenters. The van der Waals surface area contributed by atoms with Gasteiger partial charge in [-0.15, -0.1) is 0 Å². The summed E-state index contributed by atoms with van der Waals surface area (Å²) in [6, 6.07) is 0. The van der Waals surface area contributed by atoms with Crippen LogP contribution < -0.4 is 0 Å². The van der Waals surface area contributed by atoms with Crippen LogP contribution in [-0.4, -0.2) is 27.5 Å². The average Bonchev–Trinajstić information content (AvgIpc) is 1.97. The van der Waals surface area contributed by atoms with Crippen molar-refractivity contribution in [3.8, 4) is 10.8 Å². The van der Waals surface area contributed by atoms with E-state index in [0.29, 0.717) is 0 Å². The standard InChI is InChI=1S/C8H12BrI.Mg.2H/c9-7-5-3-1-2-4-6-8-10;;;/h1-4,6,8H2;;;. The Bertz CT molecular complexity index is 117. The van der Waals surface area contributed by atoms with E-state index in [4.69, 9.17) is 0 Å². The van der Waals surface area contributed by atoms with E-state index in [1.165, 1.54) is 30.1 Å². The van der Waals surface area contributed by atoms with E-state index < -0.39 is 0 Å². The van der Waals surface area contributed by atoms with E-state index in [-0.39, 0.29) is 23.1 Å². The van der Waals surface area contributed by atoms with E-state index in [0.717, 1.165) is 6.42 Å². The Balaban J connectivity index is 0. The minimum atomic E-state index is 0. The summed E-state index contributed by atoms with van der Waals surface area (Å²) in [5, 5.41) is 0. The molecule has 0 heterocycles. The lowest BCUT2D eigenvalue weighted by atomic mass is 10.2. The molecule has 0 saturated heterocycles. The first-order valence-electron chi connectivity index (χ1n) is 3.56. The van der Waals surface area contributed by atoms with Crippen molar-refractivity contribution in [3.63, 3.8) is 0 Å². The monoisotopic (exact) mass is 340 g/mol. The molecule has 62 valence electrons. The number of alkyl halides is 1. The fraction of sp³-hybridized carbons (Fsp3) is 0.750. The molecule has 0 saturated carbocycles. The highest BCUT2D eigenvalue weighted by Crippen LogP contribution is 2.03. The summed E-state index contributed by atoms with van der Waals surface area (Å²) in [6.07, 6.45) is 6.38. The molecule has 0 spiro atoms. The highest BCUT2D eigenvalue weighted by Gasteiger charge is 1.85. The molecular weight excluding hydrogens is 327 g/mol. The molecule has 0 amide bonds. The Kier molecular flexibility index (Phi) is 19.2. The molecular formula is C8H14BrIMg. The number of rotatable bonds is 5. The summed E-state index contributed by atoms with van der Waals surface area (Å²) in [6.45, 7) is 0. The fourth-order valence-corrected chi connectivity index (χ4v) is 1.45. The van der Waals surface area contributed by atoms with Gasteiger partial charge in [0, 0.05) is 22.4 Å². The Hall–Kier alpha value is 1.54. The van der Waals surface area contributed by atoms with E-state index >= 15 is 0 Å². The lowest BCUT2D eigenvalue weighted by molar-refractivity contribution is 0.687. The van der Waals surface area contributed by atoms with Gasteiger partial charge in [-0.25, -0.2) is 0 Å². The van der Waals surface area contributed by atoms with Crippen molar-refractivity contribution in [2.45, 2.75) is 32.1 Å². The molecule has 0 N–H and O–H groups in total. The predicted molar refractivity (Wildman–Crippen MR) is 67.2 cm³/mol. The van der Waals surface area contributed by atoms with Crippen molar-refractivity contribution >= 4 is 61.6 Å². The van der Waals surface area contributed by atoms with Gasteiger partial charge in [0.15, 0.2) is 0 Å². The molecule has 3 heteroatoms. The van der Waals surface area contributed by atoms with Crippen molar-refractivity contribution in [2.24, 2.45) is 0 Å². The number of hydrogen-bond acceptors (Lipinski definition) is 0.